The molecule has 1 aliphatic carbocycles. The van der Waals surface area contributed by atoms with E-state index < -0.39 is 0 Å². The highest BCUT2D eigenvalue weighted by Gasteiger charge is 2.23. The van der Waals surface area contributed by atoms with E-state index in [1.165, 1.54) is 0 Å². The number of hydrogen-bond donors (Lipinski definition) is 1. The number of hydrogen-bond acceptors (Lipinski definition) is 2. The lowest BCUT2D eigenvalue weighted by Gasteiger charge is -2.05. The van der Waals surface area contributed by atoms with Crippen LogP contribution in [0.4, 0.5) is 0 Å². The molecule has 4 heteroatoms. The van der Waals surface area contributed by atoms with E-state index in [-0.39, 0.29) is 5.91 Å². The van der Waals surface area contributed by atoms with Crippen molar-refractivity contribution in [3.05, 3.63) is 29.8 Å². The minimum Gasteiger partial charge on any atom is -0.482 e. The summed E-state index contributed by atoms with van der Waals surface area (Å²) in [6.45, 7) is 0. The van der Waals surface area contributed by atoms with Crippen LogP contribution in [0.3, 0.4) is 0 Å². The Hall–Kier alpha value is -1.03. The van der Waals surface area contributed by atoms with Crippen molar-refractivity contribution in [2.75, 3.05) is 5.52 Å². The van der Waals surface area contributed by atoms with Gasteiger partial charge in [0.05, 0.1) is 0 Å². The molecule has 0 bridgehead atoms. The molecule has 1 amide bonds. The van der Waals surface area contributed by atoms with Gasteiger partial charge in [-0.1, -0.05) is 0 Å². The van der Waals surface area contributed by atoms with E-state index in [4.69, 9.17) is 4.74 Å². The van der Waals surface area contributed by atoms with Gasteiger partial charge in [-0.05, 0) is 53.0 Å². The normalized spacial score (nSPS) is 14.7. The van der Waals surface area contributed by atoms with Crippen molar-refractivity contribution in [3.8, 4) is 5.75 Å². The lowest BCUT2D eigenvalue weighted by molar-refractivity contribution is 0.0951. The van der Waals surface area contributed by atoms with Gasteiger partial charge in [-0.25, -0.2) is 0 Å². The molecule has 1 aromatic rings. The first kappa shape index (κ1) is 10.5. The smallest absolute Gasteiger partial charge is 0.251 e. The SMILES string of the molecule is O=C(NC1CC1)c1ccc(OCBr)cc1. The summed E-state index contributed by atoms with van der Waals surface area (Å²) in [6, 6.07) is 7.54. The molecule has 1 aliphatic rings. The Morgan fingerprint density at radius 2 is 2.07 bits per heavy atom. The molecule has 1 N–H and O–H groups in total. The highest BCUT2D eigenvalue weighted by molar-refractivity contribution is 9.09. The number of nitrogens with one attached hydrogen (secondary N) is 1. The Kier molecular flexibility index (Phi) is 3.26. The van der Waals surface area contributed by atoms with E-state index in [0.29, 0.717) is 17.1 Å². The first-order valence-electron chi connectivity index (χ1n) is 4.89. The number of amides is 1. The van der Waals surface area contributed by atoms with Crippen LogP contribution in [0.1, 0.15) is 23.2 Å². The zero-order valence-electron chi connectivity index (χ0n) is 8.20. The summed E-state index contributed by atoms with van der Waals surface area (Å²) in [5.41, 5.74) is 1.14. The Balaban J connectivity index is 1.98. The molecule has 0 radical (unpaired) electrons. The molecule has 1 aromatic carbocycles. The van der Waals surface area contributed by atoms with E-state index in [1.807, 2.05) is 0 Å². The maximum atomic E-state index is 11.6. The van der Waals surface area contributed by atoms with Crippen LogP contribution < -0.4 is 10.1 Å². The van der Waals surface area contributed by atoms with E-state index in [0.717, 1.165) is 18.6 Å². The fraction of sp³-hybridized carbons (Fsp3) is 0.364. The van der Waals surface area contributed by atoms with Crippen molar-refractivity contribution >= 4 is 21.8 Å². The molecule has 0 aliphatic heterocycles. The zero-order chi connectivity index (χ0) is 10.7. The van der Waals surface area contributed by atoms with Gasteiger partial charge >= 0.3 is 0 Å². The summed E-state index contributed by atoms with van der Waals surface area (Å²) in [7, 11) is 0. The number of benzene rings is 1. The van der Waals surface area contributed by atoms with Crippen LogP contribution in [0, 0.1) is 0 Å². The molecule has 15 heavy (non-hydrogen) atoms. The number of halogens is 1. The standard InChI is InChI=1S/C11H12BrNO2/c12-7-15-10-5-1-8(2-6-10)11(14)13-9-3-4-9/h1-2,5-6,9H,3-4,7H2,(H,13,14). The molecule has 0 aromatic heterocycles. The van der Waals surface area contributed by atoms with Gasteiger partial charge in [-0.3, -0.25) is 4.79 Å². The van der Waals surface area contributed by atoms with Crippen molar-refractivity contribution in [2.45, 2.75) is 18.9 Å². The summed E-state index contributed by atoms with van der Waals surface area (Å²) in [6.07, 6.45) is 2.22. The largest absolute Gasteiger partial charge is 0.482 e. The van der Waals surface area contributed by atoms with Crippen LogP contribution >= 0.6 is 15.9 Å². The third kappa shape index (κ3) is 2.96. The first-order valence-corrected chi connectivity index (χ1v) is 6.01. The number of alkyl halides is 1. The summed E-state index contributed by atoms with van der Waals surface area (Å²) in [4.78, 5) is 11.6. The number of ether oxygens (including phenoxy) is 1. The third-order valence-electron chi connectivity index (χ3n) is 2.25. The van der Waals surface area contributed by atoms with Crippen molar-refractivity contribution in [2.24, 2.45) is 0 Å². The second-order valence-electron chi connectivity index (χ2n) is 3.53. The molecular formula is C11H12BrNO2. The Labute approximate surface area is 96.9 Å². The summed E-state index contributed by atoms with van der Waals surface area (Å²) < 4.78 is 5.22. The maximum absolute atomic E-state index is 11.6. The molecule has 0 spiro atoms. The molecule has 0 atom stereocenters. The monoisotopic (exact) mass is 269 g/mol. The highest BCUT2D eigenvalue weighted by atomic mass is 79.9. The van der Waals surface area contributed by atoms with Crippen LogP contribution in [-0.2, 0) is 0 Å². The fourth-order valence-corrected chi connectivity index (χ4v) is 1.53. The molecule has 2 rings (SSSR count). The summed E-state index contributed by atoms with van der Waals surface area (Å²) >= 11 is 3.17. The number of carbonyl (C=O) groups excluding carboxylic acids is 1. The van der Waals surface area contributed by atoms with Gasteiger partial charge in [0.1, 0.15) is 11.3 Å². The van der Waals surface area contributed by atoms with Gasteiger partial charge in [-0.15, -0.1) is 0 Å². The molecular weight excluding hydrogens is 258 g/mol. The van der Waals surface area contributed by atoms with Crippen molar-refractivity contribution in [1.82, 2.24) is 5.32 Å². The molecule has 0 unspecified atom stereocenters. The van der Waals surface area contributed by atoms with Crippen LogP contribution in [0.25, 0.3) is 0 Å². The van der Waals surface area contributed by atoms with Gasteiger partial charge in [0.15, 0.2) is 0 Å². The number of carbonyl (C=O) groups is 1. The van der Waals surface area contributed by atoms with E-state index >= 15 is 0 Å². The lowest BCUT2D eigenvalue weighted by atomic mass is 10.2. The number of rotatable bonds is 4. The van der Waals surface area contributed by atoms with E-state index in [9.17, 15) is 4.79 Å². The quantitative estimate of drug-likeness (QED) is 0.852. The van der Waals surface area contributed by atoms with Crippen molar-refractivity contribution < 1.29 is 9.53 Å². The van der Waals surface area contributed by atoms with Crippen molar-refractivity contribution in [3.63, 3.8) is 0 Å². The van der Waals surface area contributed by atoms with Crippen LogP contribution in [0.5, 0.6) is 5.75 Å². The lowest BCUT2D eigenvalue weighted by Crippen LogP contribution is -2.25. The topological polar surface area (TPSA) is 38.3 Å². The van der Waals surface area contributed by atoms with Gasteiger partial charge in [-0.2, -0.15) is 0 Å². The predicted molar refractivity (Wildman–Crippen MR) is 61.4 cm³/mol. The van der Waals surface area contributed by atoms with Crippen LogP contribution in [0.15, 0.2) is 24.3 Å². The first-order chi connectivity index (χ1) is 7.29. The molecule has 1 fully saturated rings. The fourth-order valence-electron chi connectivity index (χ4n) is 1.26. The van der Waals surface area contributed by atoms with Gasteiger partial charge < -0.3 is 10.1 Å². The maximum Gasteiger partial charge on any atom is 0.251 e. The highest BCUT2D eigenvalue weighted by Crippen LogP contribution is 2.20. The minimum atomic E-state index is 0.00268. The van der Waals surface area contributed by atoms with Crippen LogP contribution in [-0.4, -0.2) is 17.5 Å². The Morgan fingerprint density at radius 1 is 1.40 bits per heavy atom. The minimum absolute atomic E-state index is 0.00268. The summed E-state index contributed by atoms with van der Waals surface area (Å²) in [5.74, 6) is 0.762. The third-order valence-corrected chi connectivity index (χ3v) is 2.48. The molecule has 0 heterocycles. The Morgan fingerprint density at radius 3 is 2.60 bits per heavy atom. The molecule has 1 saturated carbocycles. The second-order valence-corrected chi connectivity index (χ2v) is 3.98. The van der Waals surface area contributed by atoms with E-state index in [1.54, 1.807) is 24.3 Å². The van der Waals surface area contributed by atoms with Gasteiger partial charge in [0.25, 0.3) is 5.91 Å². The average Bonchev–Trinajstić information content (AvgIpc) is 3.03. The molecule has 0 saturated heterocycles. The average molecular weight is 270 g/mol. The predicted octanol–water partition coefficient (Wildman–Crippen LogP) is 2.31. The van der Waals surface area contributed by atoms with Crippen molar-refractivity contribution in [1.29, 1.82) is 0 Å². The van der Waals surface area contributed by atoms with Gasteiger partial charge in [0, 0.05) is 11.6 Å². The van der Waals surface area contributed by atoms with Gasteiger partial charge in [0.2, 0.25) is 0 Å². The Bertz CT molecular complexity index is 346. The molecule has 80 valence electrons. The van der Waals surface area contributed by atoms with E-state index in [2.05, 4.69) is 21.2 Å². The zero-order valence-corrected chi connectivity index (χ0v) is 9.79. The second kappa shape index (κ2) is 4.66. The molecule has 3 nitrogen and oxygen atoms in total. The van der Waals surface area contributed by atoms with Crippen LogP contribution in [0.2, 0.25) is 0 Å². The summed E-state index contributed by atoms with van der Waals surface area (Å²) in [5, 5.41) is 2.93.